The second-order valence-electron chi connectivity index (χ2n) is 6.54. The van der Waals surface area contributed by atoms with Gasteiger partial charge in [-0.05, 0) is 55.5 Å². The number of carbonyl (C=O) groups excluding carboxylic acids is 2. The predicted molar refractivity (Wildman–Crippen MR) is 97.5 cm³/mol. The van der Waals surface area contributed by atoms with Crippen LogP contribution in [0.2, 0.25) is 5.02 Å². The van der Waals surface area contributed by atoms with Crippen LogP contribution < -0.4 is 5.32 Å². The van der Waals surface area contributed by atoms with Gasteiger partial charge in [0.2, 0.25) is 0 Å². The van der Waals surface area contributed by atoms with E-state index >= 15 is 0 Å². The second kappa shape index (κ2) is 6.65. The first kappa shape index (κ1) is 16.9. The van der Waals surface area contributed by atoms with Crippen molar-refractivity contribution in [3.05, 3.63) is 69.7 Å². The predicted octanol–water partition coefficient (Wildman–Crippen LogP) is 4.13. The molecule has 1 heterocycles. The first-order chi connectivity index (χ1) is 12.5. The fourth-order valence-corrected chi connectivity index (χ4v) is 3.94. The summed E-state index contributed by atoms with van der Waals surface area (Å²) in [4.78, 5) is 28.6. The second-order valence-corrected chi connectivity index (χ2v) is 6.95. The first-order valence-corrected chi connectivity index (χ1v) is 8.92. The zero-order valence-corrected chi connectivity index (χ0v) is 14.6. The van der Waals surface area contributed by atoms with E-state index in [-0.39, 0.29) is 22.4 Å². The van der Waals surface area contributed by atoms with Crippen molar-refractivity contribution in [1.82, 2.24) is 5.32 Å². The molecular weight excluding hydrogens is 355 g/mol. The van der Waals surface area contributed by atoms with E-state index < -0.39 is 11.7 Å². The summed E-state index contributed by atoms with van der Waals surface area (Å²) in [5.74, 6) is -1.50. The Morgan fingerprint density at radius 1 is 1.27 bits per heavy atom. The van der Waals surface area contributed by atoms with Crippen LogP contribution in [0, 0.1) is 11.7 Å². The average Bonchev–Trinajstić information content (AvgIpc) is 2.61. The largest absolute Gasteiger partial charge is 0.325 e. The van der Waals surface area contributed by atoms with E-state index in [2.05, 4.69) is 10.3 Å². The van der Waals surface area contributed by atoms with Gasteiger partial charge in [-0.3, -0.25) is 9.59 Å². The summed E-state index contributed by atoms with van der Waals surface area (Å²) in [5.41, 5.74) is 2.87. The maximum atomic E-state index is 13.9. The Kier molecular flexibility index (Phi) is 4.32. The SMILES string of the molecule is O=C1NC2=CC(=NC(=O)c3c(F)cccc3Cl)C=CC2C2=C1CCCC2. The highest BCUT2D eigenvalue weighted by molar-refractivity contribution is 6.34. The summed E-state index contributed by atoms with van der Waals surface area (Å²) in [6, 6.07) is 4.05. The molecule has 1 aliphatic heterocycles. The molecule has 1 N–H and O–H groups in total. The number of aliphatic imine (C=N–C) groups is 1. The highest BCUT2D eigenvalue weighted by atomic mass is 35.5. The molecular formula is C20H16ClFN2O2. The Labute approximate surface area is 155 Å². The molecule has 1 aromatic rings. The molecule has 0 radical (unpaired) electrons. The summed E-state index contributed by atoms with van der Waals surface area (Å²) in [5, 5.41) is 2.93. The van der Waals surface area contributed by atoms with E-state index in [0.717, 1.165) is 36.8 Å². The normalized spacial score (nSPS) is 23.3. The van der Waals surface area contributed by atoms with Crippen molar-refractivity contribution in [3.63, 3.8) is 0 Å². The van der Waals surface area contributed by atoms with Gasteiger partial charge in [-0.2, -0.15) is 0 Å². The highest BCUT2D eigenvalue weighted by Crippen LogP contribution is 2.38. The van der Waals surface area contributed by atoms with Gasteiger partial charge in [-0.1, -0.05) is 23.7 Å². The molecule has 2 aliphatic carbocycles. The number of nitrogens with one attached hydrogen (secondary N) is 1. The molecule has 1 unspecified atom stereocenters. The lowest BCUT2D eigenvalue weighted by atomic mass is 9.77. The molecule has 6 heteroatoms. The Balaban J connectivity index is 1.66. The highest BCUT2D eigenvalue weighted by Gasteiger charge is 2.33. The maximum absolute atomic E-state index is 13.9. The van der Waals surface area contributed by atoms with E-state index in [9.17, 15) is 14.0 Å². The summed E-state index contributed by atoms with van der Waals surface area (Å²) >= 11 is 5.92. The Hall–Kier alpha value is -2.53. The number of hydrogen-bond donors (Lipinski definition) is 1. The van der Waals surface area contributed by atoms with Crippen molar-refractivity contribution in [2.24, 2.45) is 10.9 Å². The van der Waals surface area contributed by atoms with Gasteiger partial charge in [0.25, 0.3) is 11.8 Å². The fraction of sp³-hybridized carbons (Fsp3) is 0.250. The van der Waals surface area contributed by atoms with E-state index in [1.165, 1.54) is 18.2 Å². The van der Waals surface area contributed by atoms with E-state index in [4.69, 9.17) is 11.6 Å². The Morgan fingerprint density at radius 3 is 2.88 bits per heavy atom. The number of benzene rings is 1. The van der Waals surface area contributed by atoms with Crippen LogP contribution in [0.15, 0.2) is 58.3 Å². The van der Waals surface area contributed by atoms with Crippen molar-refractivity contribution in [1.29, 1.82) is 0 Å². The van der Waals surface area contributed by atoms with Gasteiger partial charge in [-0.15, -0.1) is 0 Å². The van der Waals surface area contributed by atoms with E-state index in [0.29, 0.717) is 11.4 Å². The number of amides is 2. The third-order valence-electron chi connectivity index (χ3n) is 4.92. The van der Waals surface area contributed by atoms with Gasteiger partial charge in [-0.25, -0.2) is 9.38 Å². The third kappa shape index (κ3) is 2.92. The molecule has 4 rings (SSSR count). The van der Waals surface area contributed by atoms with Crippen molar-refractivity contribution < 1.29 is 14.0 Å². The standard InChI is InChI=1S/C20H16ClFN2O2/c21-15-6-3-7-16(22)18(15)20(26)23-11-8-9-13-12-4-1-2-5-14(12)19(25)24-17(13)10-11/h3,6-10,13H,1-2,4-5H2,(H,24,25). The molecule has 0 aromatic heterocycles. The number of allylic oxidation sites excluding steroid dienone is 3. The quantitative estimate of drug-likeness (QED) is 0.808. The molecule has 0 saturated carbocycles. The van der Waals surface area contributed by atoms with Crippen LogP contribution in [0.3, 0.4) is 0 Å². The van der Waals surface area contributed by atoms with Gasteiger partial charge in [0.1, 0.15) is 5.82 Å². The van der Waals surface area contributed by atoms with E-state index in [1.54, 1.807) is 12.2 Å². The monoisotopic (exact) mass is 370 g/mol. The number of halogens is 2. The topological polar surface area (TPSA) is 58.5 Å². The van der Waals surface area contributed by atoms with Gasteiger partial charge in [0, 0.05) is 17.2 Å². The van der Waals surface area contributed by atoms with Gasteiger partial charge in [0.15, 0.2) is 0 Å². The van der Waals surface area contributed by atoms with Crippen LogP contribution in [-0.4, -0.2) is 17.5 Å². The average molecular weight is 371 g/mol. The molecule has 0 fully saturated rings. The molecule has 0 spiro atoms. The molecule has 0 bridgehead atoms. The van der Waals surface area contributed by atoms with Crippen LogP contribution in [0.5, 0.6) is 0 Å². The number of hydrogen-bond acceptors (Lipinski definition) is 2. The van der Waals surface area contributed by atoms with Crippen LogP contribution >= 0.6 is 11.6 Å². The zero-order chi connectivity index (χ0) is 18.3. The van der Waals surface area contributed by atoms with Gasteiger partial charge >= 0.3 is 0 Å². The lowest BCUT2D eigenvalue weighted by molar-refractivity contribution is -0.117. The number of nitrogens with zero attached hydrogens (tertiary/aromatic N) is 1. The van der Waals surface area contributed by atoms with Crippen molar-refractivity contribution >= 4 is 29.1 Å². The summed E-state index contributed by atoms with van der Waals surface area (Å²) in [6.07, 6.45) is 9.17. The number of carbonyl (C=O) groups is 2. The van der Waals surface area contributed by atoms with Crippen LogP contribution in [0.25, 0.3) is 0 Å². The molecule has 0 saturated heterocycles. The van der Waals surface area contributed by atoms with Gasteiger partial charge < -0.3 is 5.32 Å². The minimum atomic E-state index is -0.747. The minimum Gasteiger partial charge on any atom is -0.325 e. The van der Waals surface area contributed by atoms with Crippen LogP contribution in [-0.2, 0) is 4.79 Å². The third-order valence-corrected chi connectivity index (χ3v) is 5.24. The van der Waals surface area contributed by atoms with Crippen LogP contribution in [0.4, 0.5) is 4.39 Å². The first-order valence-electron chi connectivity index (χ1n) is 8.54. The maximum Gasteiger partial charge on any atom is 0.282 e. The Morgan fingerprint density at radius 2 is 2.08 bits per heavy atom. The van der Waals surface area contributed by atoms with Crippen LogP contribution in [0.1, 0.15) is 36.0 Å². The number of fused-ring (bicyclic) bond motifs is 2. The van der Waals surface area contributed by atoms with Gasteiger partial charge in [0.05, 0.1) is 16.3 Å². The summed E-state index contributed by atoms with van der Waals surface area (Å²) in [6.45, 7) is 0. The van der Waals surface area contributed by atoms with Crippen molar-refractivity contribution in [3.8, 4) is 0 Å². The molecule has 26 heavy (non-hydrogen) atoms. The summed E-state index contributed by atoms with van der Waals surface area (Å²) in [7, 11) is 0. The lowest BCUT2D eigenvalue weighted by Gasteiger charge is -2.33. The fourth-order valence-electron chi connectivity index (χ4n) is 3.70. The Bertz CT molecular complexity index is 923. The minimum absolute atomic E-state index is 0.0210. The molecule has 4 nitrogen and oxygen atoms in total. The molecule has 3 aliphatic rings. The zero-order valence-electron chi connectivity index (χ0n) is 13.9. The number of rotatable bonds is 1. The smallest absolute Gasteiger partial charge is 0.282 e. The summed E-state index contributed by atoms with van der Waals surface area (Å²) < 4.78 is 13.9. The van der Waals surface area contributed by atoms with Crippen molar-refractivity contribution in [2.75, 3.05) is 0 Å². The lowest BCUT2D eigenvalue weighted by Crippen LogP contribution is -2.37. The molecule has 1 aromatic carbocycles. The van der Waals surface area contributed by atoms with E-state index in [1.807, 2.05) is 6.08 Å². The van der Waals surface area contributed by atoms with Crippen molar-refractivity contribution in [2.45, 2.75) is 25.7 Å². The molecule has 1 atom stereocenters. The molecule has 132 valence electrons. The molecule has 2 amide bonds.